The number of carbonyl (C=O) groups excluding carboxylic acids is 2. The zero-order valence-corrected chi connectivity index (χ0v) is 9.64. The Labute approximate surface area is 99.5 Å². The molecule has 0 aromatic heterocycles. The van der Waals surface area contributed by atoms with E-state index in [1.54, 1.807) is 31.2 Å². The van der Waals surface area contributed by atoms with Crippen LogP contribution in [0.3, 0.4) is 0 Å². The van der Waals surface area contributed by atoms with Gasteiger partial charge in [0.05, 0.1) is 24.7 Å². The first-order valence-corrected chi connectivity index (χ1v) is 5.66. The fourth-order valence-electron chi connectivity index (χ4n) is 1.86. The van der Waals surface area contributed by atoms with E-state index in [0.717, 1.165) is 5.56 Å². The van der Waals surface area contributed by atoms with E-state index >= 15 is 0 Å². The molecule has 1 aliphatic rings. The molecule has 1 atom stereocenters. The molecule has 2 rings (SSSR count). The van der Waals surface area contributed by atoms with E-state index in [9.17, 15) is 9.59 Å². The van der Waals surface area contributed by atoms with Crippen LogP contribution >= 0.6 is 0 Å². The van der Waals surface area contributed by atoms with Crippen molar-refractivity contribution < 1.29 is 19.1 Å². The molecule has 17 heavy (non-hydrogen) atoms. The normalized spacial score (nSPS) is 18.9. The maximum absolute atomic E-state index is 11.4. The van der Waals surface area contributed by atoms with E-state index in [1.807, 2.05) is 0 Å². The molecule has 1 fully saturated rings. The lowest BCUT2D eigenvalue weighted by atomic mass is 9.97. The summed E-state index contributed by atoms with van der Waals surface area (Å²) >= 11 is 0. The molecule has 1 saturated heterocycles. The van der Waals surface area contributed by atoms with Crippen LogP contribution in [0.25, 0.3) is 0 Å². The number of hydrogen-bond donors (Lipinski definition) is 0. The van der Waals surface area contributed by atoms with Crippen molar-refractivity contribution >= 4 is 11.9 Å². The van der Waals surface area contributed by atoms with Gasteiger partial charge in [0.1, 0.15) is 0 Å². The number of ether oxygens (including phenoxy) is 2. The Bertz CT molecular complexity index is 422. The van der Waals surface area contributed by atoms with Crippen molar-refractivity contribution in [3.05, 3.63) is 35.4 Å². The molecule has 0 amide bonds. The maximum Gasteiger partial charge on any atom is 0.338 e. The minimum Gasteiger partial charge on any atom is -0.465 e. The highest BCUT2D eigenvalue weighted by Gasteiger charge is 2.27. The highest BCUT2D eigenvalue weighted by Crippen LogP contribution is 2.26. The molecular formula is C13H14O4. The van der Waals surface area contributed by atoms with Crippen LogP contribution in [0, 0.1) is 0 Å². The van der Waals surface area contributed by atoms with Crippen LogP contribution in [-0.2, 0) is 14.3 Å². The van der Waals surface area contributed by atoms with Gasteiger partial charge in [-0.05, 0) is 31.0 Å². The number of benzene rings is 1. The second-order valence-corrected chi connectivity index (χ2v) is 3.85. The first-order valence-electron chi connectivity index (χ1n) is 5.66. The smallest absolute Gasteiger partial charge is 0.338 e. The molecule has 90 valence electrons. The molecule has 1 aromatic rings. The van der Waals surface area contributed by atoms with Crippen LogP contribution in [-0.4, -0.2) is 25.2 Å². The molecule has 0 spiro atoms. The van der Waals surface area contributed by atoms with Gasteiger partial charge in [-0.1, -0.05) is 12.1 Å². The second-order valence-electron chi connectivity index (χ2n) is 3.85. The van der Waals surface area contributed by atoms with E-state index in [1.165, 1.54) is 0 Å². The summed E-state index contributed by atoms with van der Waals surface area (Å²) in [6.45, 7) is 2.60. The standard InChI is InChI=1S/C13H14O4/c1-2-16-12(14)10-5-3-9(4-6-10)11-7-8-17-13(11)15/h3-6,11H,2,7-8H2,1H3/t11-/m0/s1. The summed E-state index contributed by atoms with van der Waals surface area (Å²) in [4.78, 5) is 22.8. The lowest BCUT2D eigenvalue weighted by Gasteiger charge is -2.07. The summed E-state index contributed by atoms with van der Waals surface area (Å²) < 4.78 is 9.79. The van der Waals surface area contributed by atoms with Gasteiger partial charge in [-0.3, -0.25) is 4.79 Å². The van der Waals surface area contributed by atoms with E-state index in [-0.39, 0.29) is 17.9 Å². The molecule has 1 aliphatic heterocycles. The van der Waals surface area contributed by atoms with Gasteiger partial charge in [0.15, 0.2) is 0 Å². The molecule has 4 heteroatoms. The van der Waals surface area contributed by atoms with Crippen molar-refractivity contribution in [2.75, 3.05) is 13.2 Å². The van der Waals surface area contributed by atoms with Crippen LogP contribution in [0.2, 0.25) is 0 Å². The number of rotatable bonds is 3. The fourth-order valence-corrected chi connectivity index (χ4v) is 1.86. The van der Waals surface area contributed by atoms with Gasteiger partial charge in [0, 0.05) is 0 Å². The zero-order chi connectivity index (χ0) is 12.3. The minimum absolute atomic E-state index is 0.186. The molecule has 0 bridgehead atoms. The predicted octanol–water partition coefficient (Wildman–Crippen LogP) is 1.89. The van der Waals surface area contributed by atoms with E-state index in [0.29, 0.717) is 25.2 Å². The Hall–Kier alpha value is -1.84. The fraction of sp³-hybridized carbons (Fsp3) is 0.385. The first kappa shape index (κ1) is 11.6. The lowest BCUT2D eigenvalue weighted by molar-refractivity contribution is -0.139. The summed E-state index contributed by atoms with van der Waals surface area (Å²) in [6, 6.07) is 6.92. The summed E-state index contributed by atoms with van der Waals surface area (Å²) in [5, 5.41) is 0. The van der Waals surface area contributed by atoms with E-state index in [2.05, 4.69) is 0 Å². The highest BCUT2D eigenvalue weighted by molar-refractivity contribution is 5.89. The van der Waals surface area contributed by atoms with E-state index < -0.39 is 0 Å². The minimum atomic E-state index is -0.340. The lowest BCUT2D eigenvalue weighted by Crippen LogP contribution is -2.07. The monoisotopic (exact) mass is 234 g/mol. The first-order chi connectivity index (χ1) is 8.22. The SMILES string of the molecule is CCOC(=O)c1ccc([C@@H]2CCOC2=O)cc1. The van der Waals surface area contributed by atoms with Gasteiger partial charge in [-0.2, -0.15) is 0 Å². The quantitative estimate of drug-likeness (QED) is 0.749. The topological polar surface area (TPSA) is 52.6 Å². The number of carbonyl (C=O) groups is 2. The summed E-state index contributed by atoms with van der Waals surface area (Å²) in [7, 11) is 0. The molecule has 1 heterocycles. The summed E-state index contributed by atoms with van der Waals surface area (Å²) in [5.74, 6) is -0.715. The Morgan fingerprint density at radius 2 is 2.12 bits per heavy atom. The van der Waals surface area contributed by atoms with Crippen molar-refractivity contribution in [2.45, 2.75) is 19.3 Å². The second kappa shape index (κ2) is 4.99. The van der Waals surface area contributed by atoms with Crippen LogP contribution in [0.1, 0.15) is 35.2 Å². The Kier molecular flexibility index (Phi) is 3.42. The van der Waals surface area contributed by atoms with Crippen molar-refractivity contribution in [3.8, 4) is 0 Å². The third-order valence-electron chi connectivity index (χ3n) is 2.76. The van der Waals surface area contributed by atoms with Crippen molar-refractivity contribution in [3.63, 3.8) is 0 Å². The van der Waals surface area contributed by atoms with Gasteiger partial charge < -0.3 is 9.47 Å². The highest BCUT2D eigenvalue weighted by atomic mass is 16.5. The molecule has 0 saturated carbocycles. The van der Waals surface area contributed by atoms with E-state index in [4.69, 9.17) is 9.47 Å². The molecule has 4 nitrogen and oxygen atoms in total. The average Bonchev–Trinajstić information content (AvgIpc) is 2.76. The number of cyclic esters (lactones) is 1. The maximum atomic E-state index is 11.4. The van der Waals surface area contributed by atoms with Crippen molar-refractivity contribution in [1.29, 1.82) is 0 Å². The van der Waals surface area contributed by atoms with Crippen molar-refractivity contribution in [1.82, 2.24) is 0 Å². The van der Waals surface area contributed by atoms with Gasteiger partial charge in [-0.15, -0.1) is 0 Å². The van der Waals surface area contributed by atoms with Crippen LogP contribution in [0.15, 0.2) is 24.3 Å². The van der Waals surface area contributed by atoms with Crippen LogP contribution < -0.4 is 0 Å². The van der Waals surface area contributed by atoms with Crippen LogP contribution in [0.5, 0.6) is 0 Å². The Morgan fingerprint density at radius 1 is 1.41 bits per heavy atom. The Balaban J connectivity index is 2.12. The molecule has 0 aliphatic carbocycles. The third kappa shape index (κ3) is 2.46. The van der Waals surface area contributed by atoms with Crippen LogP contribution in [0.4, 0.5) is 0 Å². The average molecular weight is 234 g/mol. The summed E-state index contributed by atoms with van der Waals surface area (Å²) in [6.07, 6.45) is 0.706. The van der Waals surface area contributed by atoms with Crippen molar-refractivity contribution in [2.24, 2.45) is 0 Å². The Morgan fingerprint density at radius 3 is 2.65 bits per heavy atom. The predicted molar refractivity (Wildman–Crippen MR) is 60.7 cm³/mol. The molecular weight excluding hydrogens is 220 g/mol. The number of hydrogen-bond acceptors (Lipinski definition) is 4. The molecule has 1 aromatic carbocycles. The third-order valence-corrected chi connectivity index (χ3v) is 2.76. The molecule has 0 radical (unpaired) electrons. The van der Waals surface area contributed by atoms with Gasteiger partial charge >= 0.3 is 11.9 Å². The largest absolute Gasteiger partial charge is 0.465 e. The van der Waals surface area contributed by atoms with Gasteiger partial charge in [0.25, 0.3) is 0 Å². The van der Waals surface area contributed by atoms with Gasteiger partial charge in [-0.25, -0.2) is 4.79 Å². The molecule has 0 N–H and O–H groups in total. The molecule has 0 unspecified atom stereocenters. The summed E-state index contributed by atoms with van der Waals surface area (Å²) in [5.41, 5.74) is 1.39. The number of esters is 2. The zero-order valence-electron chi connectivity index (χ0n) is 9.64. The van der Waals surface area contributed by atoms with Gasteiger partial charge in [0.2, 0.25) is 0 Å².